The van der Waals surface area contributed by atoms with E-state index in [9.17, 15) is 13.2 Å². The van der Waals surface area contributed by atoms with E-state index in [1.165, 1.54) is 0 Å². The van der Waals surface area contributed by atoms with Gasteiger partial charge in [-0.3, -0.25) is 0 Å². The first-order valence-electron chi connectivity index (χ1n) is 3.38. The van der Waals surface area contributed by atoms with Gasteiger partial charge in [0.1, 0.15) is 0 Å². The molecule has 0 saturated heterocycles. The Hall–Kier alpha value is -1.21. The van der Waals surface area contributed by atoms with Gasteiger partial charge in [-0.05, 0) is 0 Å². The SMILES string of the molecule is [CH2-]C(CCCC)C(F)(F)F.[Rf]. The van der Waals surface area contributed by atoms with E-state index in [0.717, 1.165) is 6.42 Å². The Bertz CT molecular complexity index is 90.2. The first-order valence-corrected chi connectivity index (χ1v) is 3.38. The van der Waals surface area contributed by atoms with Crippen molar-refractivity contribution in [2.24, 2.45) is 5.92 Å². The minimum Gasteiger partial charge on any atom is -0.332 e. The molecule has 0 nitrogen and oxygen atoms in total. The summed E-state index contributed by atoms with van der Waals surface area (Å²) in [6.07, 6.45) is -2.55. The van der Waals surface area contributed by atoms with Crippen molar-refractivity contribution >= 4 is 0 Å². The second kappa shape index (κ2) is 4.58. The molecule has 0 aromatic rings. The average molecular weight is 420 g/mol. The van der Waals surface area contributed by atoms with Gasteiger partial charge in [0, 0.05) is 0 Å². The predicted molar refractivity (Wildman–Crippen MR) is 34.4 cm³/mol. The Kier molecular flexibility index (Phi) is 5.19. The summed E-state index contributed by atoms with van der Waals surface area (Å²) in [6, 6.07) is 0. The van der Waals surface area contributed by atoms with E-state index in [0.29, 0.717) is 6.42 Å². The third kappa shape index (κ3) is 5.25. The number of alkyl halides is 3. The zero-order chi connectivity index (χ0) is 8.20. The van der Waals surface area contributed by atoms with Gasteiger partial charge in [-0.25, -0.2) is 0 Å². The third-order valence-corrected chi connectivity index (χ3v) is 1.37. The molecule has 0 amide bonds. The monoisotopic (exact) mass is 420 g/mol. The van der Waals surface area contributed by atoms with Crippen LogP contribution in [0.2, 0.25) is 0 Å². The molecule has 0 aliphatic heterocycles. The van der Waals surface area contributed by atoms with Gasteiger partial charge in [0.25, 0.3) is 0 Å². The topological polar surface area (TPSA) is 0 Å². The maximum Gasteiger partial charge on any atom is 0.365 e. The van der Waals surface area contributed by atoms with E-state index < -0.39 is 12.1 Å². The normalized spacial score (nSPS) is 13.9. The Morgan fingerprint density at radius 3 is 2.09 bits per heavy atom. The molecule has 4 heteroatoms. The van der Waals surface area contributed by atoms with Crippen molar-refractivity contribution in [3.05, 3.63) is 6.92 Å². The molecule has 0 aromatic heterocycles. The van der Waals surface area contributed by atoms with Crippen molar-refractivity contribution in [2.45, 2.75) is 32.4 Å². The number of unbranched alkanes of at least 4 members (excludes halogenated alkanes) is 1. The molecule has 11 heavy (non-hydrogen) atoms. The number of hydrogen-bond acceptors (Lipinski definition) is 0. The fraction of sp³-hybridized carbons (Fsp3) is 0.857. The molecule has 0 N–H and O–H groups in total. The standard InChI is InChI=1S/C7H12F3.Rf/c1-3-4-5-6(2)7(8,9)10;/h6H,2-5H2,1H3;/q-1;. The first kappa shape index (κ1) is 12.5. The third-order valence-electron chi connectivity index (χ3n) is 1.37. The fourth-order valence-corrected chi connectivity index (χ4v) is 0.614. The second-order valence-corrected chi connectivity index (χ2v) is 2.38. The van der Waals surface area contributed by atoms with Gasteiger partial charge in [-0.15, -0.1) is 0 Å². The molecule has 0 bridgehead atoms. The van der Waals surface area contributed by atoms with Gasteiger partial charge in [0.15, 0.2) is 0 Å². The summed E-state index contributed by atoms with van der Waals surface area (Å²) in [5.41, 5.74) is 0. The van der Waals surface area contributed by atoms with E-state index >= 15 is 0 Å². The average Bonchev–Trinajstić information content (AvgIpc) is 1.80. The van der Waals surface area contributed by atoms with Crippen molar-refractivity contribution in [2.75, 3.05) is 0 Å². The predicted octanol–water partition coefficient (Wildman–Crippen LogP) is 3.19. The molecule has 0 aromatic carbocycles. The molecule has 0 saturated carbocycles. The van der Waals surface area contributed by atoms with Crippen LogP contribution in [0, 0.1) is 12.8 Å². The number of rotatable bonds is 3. The van der Waals surface area contributed by atoms with Gasteiger partial charge in [-0.1, -0.05) is 32.1 Å². The molecule has 0 fully saturated rings. The molecule has 1 unspecified atom stereocenters. The summed E-state index contributed by atoms with van der Waals surface area (Å²) in [7, 11) is 0. The molecular weight excluding hydrogens is 408 g/mol. The molecule has 1 atom stereocenters. The largest absolute Gasteiger partial charge is 0.365 e. The maximum absolute atomic E-state index is 11.7. The second-order valence-electron chi connectivity index (χ2n) is 2.38. The van der Waals surface area contributed by atoms with Crippen LogP contribution in [0.25, 0.3) is 0 Å². The smallest absolute Gasteiger partial charge is 0.332 e. The van der Waals surface area contributed by atoms with Crippen LogP contribution in [0.3, 0.4) is 0 Å². The van der Waals surface area contributed by atoms with Crippen LogP contribution in [-0.4, -0.2) is 6.18 Å². The van der Waals surface area contributed by atoms with E-state index in [2.05, 4.69) is 6.92 Å². The minimum absolute atomic E-state index is 0. The Balaban J connectivity index is 0. The molecule has 0 aliphatic rings. The van der Waals surface area contributed by atoms with Crippen molar-refractivity contribution in [1.82, 2.24) is 0 Å². The summed E-state index contributed by atoms with van der Waals surface area (Å²) < 4.78 is 35.1. The van der Waals surface area contributed by atoms with Gasteiger partial charge < -0.3 is 6.92 Å². The van der Waals surface area contributed by atoms with Crippen molar-refractivity contribution in [1.29, 1.82) is 0 Å². The van der Waals surface area contributed by atoms with Crippen molar-refractivity contribution in [3.63, 3.8) is 0 Å². The Morgan fingerprint density at radius 2 is 1.82 bits per heavy atom. The first-order chi connectivity index (χ1) is 4.48. The summed E-state index contributed by atoms with van der Waals surface area (Å²) in [5.74, 6) is -1.38. The fourth-order valence-electron chi connectivity index (χ4n) is 0.614. The molecule has 0 radical (unpaired) electrons. The molecule has 0 spiro atoms. The van der Waals surface area contributed by atoms with Gasteiger partial charge >= 0.3 is 6.18 Å². The van der Waals surface area contributed by atoms with E-state index in [1.807, 2.05) is 6.92 Å². The zero-order valence-corrected chi connectivity index (χ0v) is 13.1. The Labute approximate surface area is 59.4 Å². The van der Waals surface area contributed by atoms with Crippen LogP contribution in [0.5, 0.6) is 0 Å². The maximum atomic E-state index is 11.7. The van der Waals surface area contributed by atoms with Crippen LogP contribution in [0.15, 0.2) is 0 Å². The van der Waals surface area contributed by atoms with Gasteiger partial charge in [0.2, 0.25) is 0 Å². The summed E-state index contributed by atoms with van der Waals surface area (Å²) in [5, 5.41) is 0. The Morgan fingerprint density at radius 1 is 1.36 bits per heavy atom. The van der Waals surface area contributed by atoms with Crippen molar-refractivity contribution in [3.8, 4) is 0 Å². The molecule has 0 heterocycles. The quantitative estimate of drug-likeness (QED) is 0.616. The van der Waals surface area contributed by atoms with E-state index in [-0.39, 0.29) is 6.42 Å². The van der Waals surface area contributed by atoms with Crippen molar-refractivity contribution < 1.29 is 13.2 Å². The van der Waals surface area contributed by atoms with Crippen LogP contribution in [-0.2, 0) is 0 Å². The molecule has 0 rings (SSSR count). The van der Waals surface area contributed by atoms with Crippen LogP contribution in [0.1, 0.15) is 26.2 Å². The summed E-state index contributed by atoms with van der Waals surface area (Å²) >= 11 is 0. The van der Waals surface area contributed by atoms with Crippen LogP contribution < -0.4 is 0 Å². The minimum atomic E-state index is -4.10. The summed E-state index contributed by atoms with van der Waals surface area (Å²) in [6.45, 7) is 4.89. The number of hydrogen-bond donors (Lipinski definition) is 0. The zero-order valence-electron chi connectivity index (χ0n) is 6.75. The van der Waals surface area contributed by atoms with Crippen LogP contribution >= 0.6 is 0 Å². The summed E-state index contributed by atoms with van der Waals surface area (Å²) in [4.78, 5) is 0. The van der Waals surface area contributed by atoms with Crippen LogP contribution in [0.4, 0.5) is 13.2 Å². The van der Waals surface area contributed by atoms with E-state index in [4.69, 9.17) is 0 Å². The van der Waals surface area contributed by atoms with Gasteiger partial charge in [-0.2, -0.15) is 13.2 Å². The van der Waals surface area contributed by atoms with E-state index in [1.54, 1.807) is 0 Å². The molecule has 0 aliphatic carbocycles. The molecular formula is C7H12F3Rf-. The number of halogens is 3. The van der Waals surface area contributed by atoms with Gasteiger partial charge in [0.05, 0.1) is 0 Å². The molecule has 64 valence electrons.